The summed E-state index contributed by atoms with van der Waals surface area (Å²) in [5.41, 5.74) is 9.23. The van der Waals surface area contributed by atoms with Gasteiger partial charge in [-0.05, 0) is 41.4 Å². The predicted octanol–water partition coefficient (Wildman–Crippen LogP) is 3.07. The van der Waals surface area contributed by atoms with Crippen LogP contribution in [0.15, 0.2) is 58.7 Å². The third-order valence-electron chi connectivity index (χ3n) is 1.98. The van der Waals surface area contributed by atoms with Crippen LogP contribution in [0.1, 0.15) is 6.92 Å². The SMILES string of the molecule is C=C1C=C(C)C=C(Cl)C(C(=C)CN)=C1. The Balaban J connectivity index is 3.14. The molecule has 2 heteroatoms. The molecule has 0 bridgehead atoms. The van der Waals surface area contributed by atoms with E-state index in [1.165, 1.54) is 0 Å². The normalized spacial score (nSPS) is 16.8. The summed E-state index contributed by atoms with van der Waals surface area (Å²) in [6.07, 6.45) is 5.77. The minimum Gasteiger partial charge on any atom is -0.326 e. The van der Waals surface area contributed by atoms with Gasteiger partial charge in [0.05, 0.1) is 0 Å². The van der Waals surface area contributed by atoms with Crippen LogP contribution in [0.4, 0.5) is 0 Å². The summed E-state index contributed by atoms with van der Waals surface area (Å²) >= 11 is 6.12. The van der Waals surface area contributed by atoms with Crippen molar-refractivity contribution in [3.05, 3.63) is 58.7 Å². The summed E-state index contributed by atoms with van der Waals surface area (Å²) in [5.74, 6) is 0. The van der Waals surface area contributed by atoms with Gasteiger partial charge in [-0.2, -0.15) is 0 Å². The summed E-state index contributed by atoms with van der Waals surface area (Å²) in [7, 11) is 0. The van der Waals surface area contributed by atoms with Gasteiger partial charge in [-0.25, -0.2) is 0 Å². The van der Waals surface area contributed by atoms with Crippen molar-refractivity contribution in [2.75, 3.05) is 6.54 Å². The summed E-state index contributed by atoms with van der Waals surface area (Å²) in [4.78, 5) is 0. The number of hydrogen-bond acceptors (Lipinski definition) is 1. The number of halogens is 1. The summed E-state index contributed by atoms with van der Waals surface area (Å²) in [6, 6.07) is 0. The summed E-state index contributed by atoms with van der Waals surface area (Å²) < 4.78 is 0. The van der Waals surface area contributed by atoms with Crippen LogP contribution < -0.4 is 5.73 Å². The van der Waals surface area contributed by atoms with Gasteiger partial charge >= 0.3 is 0 Å². The zero-order valence-corrected chi connectivity index (χ0v) is 9.06. The minimum absolute atomic E-state index is 0.405. The molecule has 74 valence electrons. The first-order valence-electron chi connectivity index (χ1n) is 4.39. The maximum Gasteiger partial charge on any atom is 0.0484 e. The van der Waals surface area contributed by atoms with Gasteiger partial charge in [0.25, 0.3) is 0 Å². The number of allylic oxidation sites excluding steroid dienone is 6. The number of hydrogen-bond donors (Lipinski definition) is 1. The van der Waals surface area contributed by atoms with Gasteiger partial charge in [0, 0.05) is 11.6 Å². The van der Waals surface area contributed by atoms with Crippen molar-refractivity contribution in [2.24, 2.45) is 5.73 Å². The largest absolute Gasteiger partial charge is 0.326 e. The van der Waals surface area contributed by atoms with Crippen molar-refractivity contribution in [2.45, 2.75) is 6.92 Å². The quantitative estimate of drug-likeness (QED) is 0.740. The molecule has 0 atom stereocenters. The van der Waals surface area contributed by atoms with Crippen LogP contribution in [-0.2, 0) is 0 Å². The lowest BCUT2D eigenvalue weighted by Crippen LogP contribution is -2.04. The molecular weight excluding hydrogens is 194 g/mol. The van der Waals surface area contributed by atoms with Crippen molar-refractivity contribution in [1.29, 1.82) is 0 Å². The Morgan fingerprint density at radius 1 is 1.43 bits per heavy atom. The first-order valence-corrected chi connectivity index (χ1v) is 4.77. The zero-order chi connectivity index (χ0) is 10.7. The van der Waals surface area contributed by atoms with E-state index in [4.69, 9.17) is 17.3 Å². The van der Waals surface area contributed by atoms with Crippen LogP contribution >= 0.6 is 11.6 Å². The molecular formula is C12H14ClN. The molecule has 1 nitrogen and oxygen atoms in total. The van der Waals surface area contributed by atoms with Crippen molar-refractivity contribution >= 4 is 11.6 Å². The van der Waals surface area contributed by atoms with Crippen molar-refractivity contribution in [1.82, 2.24) is 0 Å². The molecule has 1 aliphatic carbocycles. The highest BCUT2D eigenvalue weighted by atomic mass is 35.5. The molecule has 0 radical (unpaired) electrons. The van der Waals surface area contributed by atoms with E-state index in [0.29, 0.717) is 11.6 Å². The maximum atomic E-state index is 6.12. The Hall–Kier alpha value is -1.05. The van der Waals surface area contributed by atoms with Crippen LogP contribution in [0.3, 0.4) is 0 Å². The average Bonchev–Trinajstić information content (AvgIpc) is 2.23. The molecule has 0 aromatic heterocycles. The molecule has 0 amide bonds. The minimum atomic E-state index is 0.405. The third kappa shape index (κ3) is 2.47. The fourth-order valence-electron chi connectivity index (χ4n) is 1.29. The second-order valence-electron chi connectivity index (χ2n) is 3.32. The van der Waals surface area contributed by atoms with E-state index in [2.05, 4.69) is 13.2 Å². The fourth-order valence-corrected chi connectivity index (χ4v) is 1.65. The van der Waals surface area contributed by atoms with Crippen LogP contribution in [-0.4, -0.2) is 6.54 Å². The van der Waals surface area contributed by atoms with E-state index in [9.17, 15) is 0 Å². The van der Waals surface area contributed by atoms with E-state index >= 15 is 0 Å². The molecule has 2 N–H and O–H groups in total. The predicted molar refractivity (Wildman–Crippen MR) is 63.1 cm³/mol. The lowest BCUT2D eigenvalue weighted by molar-refractivity contribution is 1.17. The first-order chi connectivity index (χ1) is 6.54. The summed E-state index contributed by atoms with van der Waals surface area (Å²) in [5, 5.41) is 0.674. The molecule has 0 spiro atoms. The second kappa shape index (κ2) is 4.45. The molecule has 0 aromatic carbocycles. The van der Waals surface area contributed by atoms with E-state index < -0.39 is 0 Å². The fraction of sp³-hybridized carbons (Fsp3) is 0.167. The van der Waals surface area contributed by atoms with Gasteiger partial charge in [-0.1, -0.05) is 30.8 Å². The maximum absolute atomic E-state index is 6.12. The molecule has 0 saturated heterocycles. The molecule has 0 saturated carbocycles. The molecule has 14 heavy (non-hydrogen) atoms. The van der Waals surface area contributed by atoms with Gasteiger partial charge in [0.1, 0.15) is 0 Å². The topological polar surface area (TPSA) is 26.0 Å². The van der Waals surface area contributed by atoms with Gasteiger partial charge in [0.2, 0.25) is 0 Å². The highest BCUT2D eigenvalue weighted by molar-refractivity contribution is 6.32. The van der Waals surface area contributed by atoms with Gasteiger partial charge in [-0.3, -0.25) is 0 Å². The zero-order valence-electron chi connectivity index (χ0n) is 8.31. The van der Waals surface area contributed by atoms with Crippen molar-refractivity contribution in [3.63, 3.8) is 0 Å². The van der Waals surface area contributed by atoms with Crippen LogP contribution in [0.25, 0.3) is 0 Å². The standard InChI is InChI=1S/C12H14ClN/c1-8-4-9(2)6-12(13)11(5-8)10(3)7-14/h4-6H,1,3,7,14H2,2H3. The molecule has 1 rings (SSSR count). The second-order valence-corrected chi connectivity index (χ2v) is 3.73. The van der Waals surface area contributed by atoms with Crippen molar-refractivity contribution < 1.29 is 0 Å². The molecule has 0 heterocycles. The Labute approximate surface area is 89.9 Å². The molecule has 0 unspecified atom stereocenters. The third-order valence-corrected chi connectivity index (χ3v) is 2.29. The lowest BCUT2D eigenvalue weighted by Gasteiger charge is -2.06. The molecule has 0 aliphatic heterocycles. The molecule has 0 aromatic rings. The number of rotatable bonds is 2. The smallest absolute Gasteiger partial charge is 0.0484 e. The van der Waals surface area contributed by atoms with Gasteiger partial charge in [-0.15, -0.1) is 0 Å². The van der Waals surface area contributed by atoms with Gasteiger partial charge < -0.3 is 5.73 Å². The van der Waals surface area contributed by atoms with Gasteiger partial charge in [0.15, 0.2) is 0 Å². The Kier molecular flexibility index (Phi) is 3.50. The first kappa shape index (κ1) is 11.0. The monoisotopic (exact) mass is 207 g/mol. The number of nitrogens with two attached hydrogens (primary N) is 1. The Morgan fingerprint density at radius 3 is 2.64 bits per heavy atom. The van der Waals surface area contributed by atoms with Crippen LogP contribution in [0, 0.1) is 0 Å². The highest BCUT2D eigenvalue weighted by Gasteiger charge is 2.08. The van der Waals surface area contributed by atoms with E-state index in [1.807, 2.05) is 25.2 Å². The van der Waals surface area contributed by atoms with E-state index in [0.717, 1.165) is 22.3 Å². The average molecular weight is 208 g/mol. The highest BCUT2D eigenvalue weighted by Crippen LogP contribution is 2.27. The molecule has 1 aliphatic rings. The molecule has 0 fully saturated rings. The Morgan fingerprint density at radius 2 is 2.07 bits per heavy atom. The lowest BCUT2D eigenvalue weighted by atomic mass is 10.1. The Bertz CT molecular complexity index is 370. The van der Waals surface area contributed by atoms with E-state index in [-0.39, 0.29) is 0 Å². The van der Waals surface area contributed by atoms with Crippen molar-refractivity contribution in [3.8, 4) is 0 Å². The summed E-state index contributed by atoms with van der Waals surface area (Å²) in [6.45, 7) is 10.2. The van der Waals surface area contributed by atoms with E-state index in [1.54, 1.807) is 0 Å². The van der Waals surface area contributed by atoms with Crippen LogP contribution in [0.5, 0.6) is 0 Å². The van der Waals surface area contributed by atoms with Crippen LogP contribution in [0.2, 0.25) is 0 Å².